The lowest BCUT2D eigenvalue weighted by Crippen LogP contribution is -2.61. The van der Waals surface area contributed by atoms with Gasteiger partial charge in [-0.25, -0.2) is 10.0 Å². The van der Waals surface area contributed by atoms with Crippen LogP contribution in [0.1, 0.15) is 27.7 Å². The van der Waals surface area contributed by atoms with Gasteiger partial charge >= 0.3 is 23.9 Å². The number of carbonyl (C=O) groups is 4. The Hall–Kier alpha value is -2.28. The smallest absolute Gasteiger partial charge is 0.322 e. The van der Waals surface area contributed by atoms with Crippen molar-refractivity contribution in [3.8, 4) is 0 Å². The van der Waals surface area contributed by atoms with Crippen molar-refractivity contribution in [2.24, 2.45) is 0 Å². The first-order valence-corrected chi connectivity index (χ1v) is 9.81. The molecule has 0 radical (unpaired) electrons. The Balaban J connectivity index is 3.33. The highest BCUT2D eigenvalue weighted by Gasteiger charge is 2.35. The number of hydrogen-bond acceptors (Lipinski definition) is 8. The van der Waals surface area contributed by atoms with E-state index in [2.05, 4.69) is 0 Å². The van der Waals surface area contributed by atoms with E-state index >= 15 is 0 Å². The second-order valence-electron chi connectivity index (χ2n) is 7.45. The molecular weight excluding hydrogens is 400 g/mol. The van der Waals surface area contributed by atoms with Crippen LogP contribution in [0.25, 0.3) is 0 Å². The van der Waals surface area contributed by atoms with Crippen molar-refractivity contribution in [3.63, 3.8) is 0 Å². The molecule has 4 N–H and O–H groups in total. The zero-order chi connectivity index (χ0) is 23.2. The third-order valence-electron chi connectivity index (χ3n) is 5.66. The van der Waals surface area contributed by atoms with Crippen LogP contribution < -0.4 is 0 Å². The molecule has 1 fully saturated rings. The van der Waals surface area contributed by atoms with Gasteiger partial charge in [-0.15, -0.1) is 0 Å². The van der Waals surface area contributed by atoms with E-state index in [1.54, 1.807) is 9.80 Å². The minimum atomic E-state index is -1.15. The highest BCUT2D eigenvalue weighted by molar-refractivity contribution is 5.74. The maximum absolute atomic E-state index is 11.7. The summed E-state index contributed by atoms with van der Waals surface area (Å²) in [4.78, 5) is 49.6. The number of carboxylic acid groups (broad SMARTS) is 4. The van der Waals surface area contributed by atoms with E-state index in [0.29, 0.717) is 0 Å². The fourth-order valence-electron chi connectivity index (χ4n) is 3.37. The van der Waals surface area contributed by atoms with Gasteiger partial charge < -0.3 is 20.4 Å². The van der Waals surface area contributed by atoms with Crippen LogP contribution >= 0.6 is 0 Å². The Morgan fingerprint density at radius 1 is 0.500 bits per heavy atom. The molecule has 0 aromatic heterocycles. The zero-order valence-electron chi connectivity index (χ0n) is 17.8. The first-order chi connectivity index (χ1) is 13.9. The van der Waals surface area contributed by atoms with Gasteiger partial charge in [-0.05, 0) is 27.7 Å². The van der Waals surface area contributed by atoms with Crippen LogP contribution in [0.3, 0.4) is 0 Å². The summed E-state index contributed by atoms with van der Waals surface area (Å²) in [5.41, 5.74) is 0. The first kappa shape index (κ1) is 25.8. The van der Waals surface area contributed by atoms with Crippen LogP contribution in [-0.4, -0.2) is 128 Å². The van der Waals surface area contributed by atoms with Crippen molar-refractivity contribution in [1.29, 1.82) is 0 Å². The molecule has 1 aliphatic heterocycles. The quantitative estimate of drug-likeness (QED) is 0.371. The van der Waals surface area contributed by atoms with E-state index < -0.39 is 48.0 Å². The lowest BCUT2D eigenvalue weighted by Gasteiger charge is -2.43. The monoisotopic (exact) mass is 432 g/mol. The summed E-state index contributed by atoms with van der Waals surface area (Å²) in [6, 6.07) is -3.87. The number of hydrogen-bond donors (Lipinski definition) is 4. The maximum Gasteiger partial charge on any atom is 0.322 e. The van der Waals surface area contributed by atoms with Gasteiger partial charge in [0.15, 0.2) is 0 Å². The van der Waals surface area contributed by atoms with Gasteiger partial charge in [0.05, 0.1) is 0 Å². The molecule has 30 heavy (non-hydrogen) atoms. The van der Waals surface area contributed by atoms with Crippen molar-refractivity contribution in [2.75, 3.05) is 39.3 Å². The number of carboxylic acids is 4. The van der Waals surface area contributed by atoms with Gasteiger partial charge in [0.1, 0.15) is 24.2 Å². The Bertz CT molecular complexity index is 592. The highest BCUT2D eigenvalue weighted by atomic mass is 16.4. The fourth-order valence-corrected chi connectivity index (χ4v) is 3.37. The number of hydrazine groups is 1. The van der Waals surface area contributed by atoms with Crippen LogP contribution in [0, 0.1) is 0 Å². The van der Waals surface area contributed by atoms with Gasteiger partial charge in [0.25, 0.3) is 0 Å². The molecule has 4 unspecified atom stereocenters. The van der Waals surface area contributed by atoms with Crippen LogP contribution in [0.15, 0.2) is 0 Å². The maximum atomic E-state index is 11.7. The molecule has 0 amide bonds. The van der Waals surface area contributed by atoms with E-state index in [9.17, 15) is 39.6 Å². The Kier molecular flexibility index (Phi) is 9.62. The molecule has 1 aliphatic rings. The molecule has 12 nitrogen and oxygen atoms in total. The molecule has 1 rings (SSSR count). The molecule has 4 atom stereocenters. The second-order valence-corrected chi connectivity index (χ2v) is 7.45. The molecule has 1 saturated heterocycles. The highest BCUT2D eigenvalue weighted by Crippen LogP contribution is 2.15. The average Bonchev–Trinajstić information content (AvgIpc) is 2.68. The molecule has 0 spiro atoms. The van der Waals surface area contributed by atoms with E-state index in [1.165, 1.54) is 37.7 Å². The predicted octanol–water partition coefficient (Wildman–Crippen LogP) is -0.985. The zero-order valence-corrected chi connectivity index (χ0v) is 17.8. The lowest BCUT2D eigenvalue weighted by molar-refractivity contribution is -0.169. The van der Waals surface area contributed by atoms with Gasteiger partial charge in [0, 0.05) is 39.3 Å². The Labute approximate surface area is 175 Å². The first-order valence-electron chi connectivity index (χ1n) is 9.81. The number of rotatable bonds is 8. The summed E-state index contributed by atoms with van der Waals surface area (Å²) in [6.07, 6.45) is 0. The Morgan fingerprint density at radius 2 is 0.733 bits per heavy atom. The van der Waals surface area contributed by atoms with Crippen molar-refractivity contribution in [1.82, 2.24) is 19.8 Å². The van der Waals surface area contributed by atoms with Gasteiger partial charge in [-0.2, -0.15) is 0 Å². The number of nitrogens with zero attached hydrogens (tertiary/aromatic N) is 4. The Morgan fingerprint density at radius 3 is 0.967 bits per heavy atom. The lowest BCUT2D eigenvalue weighted by atomic mass is 10.2. The summed E-state index contributed by atoms with van der Waals surface area (Å²) < 4.78 is 0. The van der Waals surface area contributed by atoms with E-state index in [0.717, 1.165) is 0 Å². The predicted molar refractivity (Wildman–Crippen MR) is 105 cm³/mol. The molecule has 12 heteroatoms. The SMILES string of the molecule is CC(C(=O)O)N1CCN(C(C)C(=O)O)CCN(C(C)C(=O)O)N(C(C)C(=O)O)CC1. The summed E-state index contributed by atoms with van der Waals surface area (Å²) in [6.45, 7) is 6.96. The molecule has 1 heterocycles. The van der Waals surface area contributed by atoms with Crippen molar-refractivity contribution < 1.29 is 39.6 Å². The van der Waals surface area contributed by atoms with Crippen molar-refractivity contribution in [2.45, 2.75) is 51.9 Å². The molecule has 0 bridgehead atoms. The van der Waals surface area contributed by atoms with Crippen LogP contribution in [0.4, 0.5) is 0 Å². The summed E-state index contributed by atoms with van der Waals surface area (Å²) >= 11 is 0. The van der Waals surface area contributed by atoms with Crippen LogP contribution in [0.5, 0.6) is 0 Å². The van der Waals surface area contributed by atoms with Crippen LogP contribution in [-0.2, 0) is 19.2 Å². The third kappa shape index (κ3) is 6.62. The largest absolute Gasteiger partial charge is 0.480 e. The van der Waals surface area contributed by atoms with Crippen molar-refractivity contribution in [3.05, 3.63) is 0 Å². The van der Waals surface area contributed by atoms with Gasteiger partial charge in [-0.3, -0.25) is 29.0 Å². The van der Waals surface area contributed by atoms with E-state index in [4.69, 9.17) is 0 Å². The topological polar surface area (TPSA) is 162 Å². The molecule has 0 saturated carbocycles. The fraction of sp³-hybridized carbons (Fsp3) is 0.778. The minimum absolute atomic E-state index is 0.108. The normalized spacial score (nSPS) is 22.5. The third-order valence-corrected chi connectivity index (χ3v) is 5.66. The number of aliphatic carboxylic acids is 4. The summed E-state index contributed by atoms with van der Waals surface area (Å²) in [7, 11) is 0. The molecule has 172 valence electrons. The average molecular weight is 432 g/mol. The molecule has 0 aromatic carbocycles. The standard InChI is InChI=1S/C18H32N4O8/c1-11(15(23)24)19-5-6-20(12(2)16(25)26)8-10-22(14(4)18(29)30)21(9-7-19)13(3)17(27)28/h11-14H,5-10H2,1-4H3,(H,23,24)(H,25,26)(H,27,28)(H,29,30). The van der Waals surface area contributed by atoms with E-state index in [-0.39, 0.29) is 39.3 Å². The van der Waals surface area contributed by atoms with Gasteiger partial charge in [0.2, 0.25) is 0 Å². The van der Waals surface area contributed by atoms with Crippen molar-refractivity contribution >= 4 is 23.9 Å². The van der Waals surface area contributed by atoms with Gasteiger partial charge in [-0.1, -0.05) is 0 Å². The summed E-state index contributed by atoms with van der Waals surface area (Å²) in [5.74, 6) is -4.41. The minimum Gasteiger partial charge on any atom is -0.480 e. The summed E-state index contributed by atoms with van der Waals surface area (Å²) in [5, 5.41) is 40.7. The second kappa shape index (κ2) is 11.2. The molecular formula is C18H32N4O8. The van der Waals surface area contributed by atoms with E-state index in [1.807, 2.05) is 0 Å². The molecule has 0 aromatic rings. The molecule has 0 aliphatic carbocycles. The van der Waals surface area contributed by atoms with Crippen LogP contribution in [0.2, 0.25) is 0 Å².